The first-order chi connectivity index (χ1) is 8.88. The van der Waals surface area contributed by atoms with Crippen molar-refractivity contribution in [3.05, 3.63) is 29.6 Å². The van der Waals surface area contributed by atoms with Gasteiger partial charge in [-0.15, -0.1) is 11.8 Å². The summed E-state index contributed by atoms with van der Waals surface area (Å²) in [6.07, 6.45) is 0.316. The molecule has 1 aliphatic rings. The molecule has 1 aliphatic heterocycles. The molecule has 0 radical (unpaired) electrons. The van der Waals surface area contributed by atoms with Gasteiger partial charge in [0.25, 0.3) is 0 Å². The number of carboxylic acids is 1. The Balaban J connectivity index is 2.07. The zero-order chi connectivity index (χ0) is 14.0. The van der Waals surface area contributed by atoms with Crippen molar-refractivity contribution in [2.24, 2.45) is 5.41 Å². The van der Waals surface area contributed by atoms with E-state index in [1.807, 2.05) is 0 Å². The smallest absolute Gasteiger partial charge is 0.309 e. The van der Waals surface area contributed by atoms with Gasteiger partial charge in [-0.05, 0) is 38.0 Å². The van der Waals surface area contributed by atoms with Gasteiger partial charge in [0, 0.05) is 4.90 Å². The van der Waals surface area contributed by atoms with Gasteiger partial charge in [-0.1, -0.05) is 6.07 Å². The summed E-state index contributed by atoms with van der Waals surface area (Å²) in [6, 6.07) is 4.97. The molecule has 0 bridgehead atoms. The Kier molecular flexibility index (Phi) is 4.16. The third-order valence-electron chi connectivity index (χ3n) is 3.12. The number of benzene rings is 1. The highest BCUT2D eigenvalue weighted by Crippen LogP contribution is 2.31. The number of thioether (sulfide) groups is 1. The predicted molar refractivity (Wildman–Crippen MR) is 72.0 cm³/mol. The monoisotopic (exact) mass is 284 g/mol. The van der Waals surface area contributed by atoms with Crippen LogP contribution in [0, 0.1) is 11.2 Å². The van der Waals surface area contributed by atoms with Gasteiger partial charge in [0.15, 0.2) is 0 Å². The molecule has 19 heavy (non-hydrogen) atoms. The van der Waals surface area contributed by atoms with Gasteiger partial charge in [0.1, 0.15) is 5.82 Å². The van der Waals surface area contributed by atoms with E-state index in [1.165, 1.54) is 17.8 Å². The third kappa shape index (κ3) is 3.48. The molecule has 1 fully saturated rings. The van der Waals surface area contributed by atoms with Crippen molar-refractivity contribution >= 4 is 17.7 Å². The number of ether oxygens (including phenoxy) is 1. The molecular weight excluding hydrogens is 267 g/mol. The molecule has 0 spiro atoms. The second kappa shape index (κ2) is 5.51. The summed E-state index contributed by atoms with van der Waals surface area (Å²) in [7, 11) is 0. The summed E-state index contributed by atoms with van der Waals surface area (Å²) >= 11 is 1.47. The zero-order valence-corrected chi connectivity index (χ0v) is 11.8. The average molecular weight is 284 g/mol. The van der Waals surface area contributed by atoms with Gasteiger partial charge >= 0.3 is 5.97 Å². The van der Waals surface area contributed by atoms with Crippen molar-refractivity contribution in [1.82, 2.24) is 0 Å². The number of hydrogen-bond acceptors (Lipinski definition) is 3. The molecule has 1 heterocycles. The van der Waals surface area contributed by atoms with Crippen molar-refractivity contribution in [2.45, 2.75) is 30.4 Å². The van der Waals surface area contributed by atoms with Crippen molar-refractivity contribution in [3.63, 3.8) is 0 Å². The summed E-state index contributed by atoms with van der Waals surface area (Å²) in [4.78, 5) is 11.7. The van der Waals surface area contributed by atoms with Gasteiger partial charge < -0.3 is 9.84 Å². The SMILES string of the molecule is CC(C)(Cc1ccc(SC2COC2)c(F)c1)C(=O)O. The normalized spacial score (nSPS) is 16.2. The highest BCUT2D eigenvalue weighted by Gasteiger charge is 2.28. The van der Waals surface area contributed by atoms with Crippen LogP contribution in [-0.2, 0) is 16.0 Å². The highest BCUT2D eigenvalue weighted by molar-refractivity contribution is 8.00. The summed E-state index contributed by atoms with van der Waals surface area (Å²) in [5.74, 6) is -1.16. The second-order valence-corrected chi connectivity index (χ2v) is 6.75. The summed E-state index contributed by atoms with van der Waals surface area (Å²) in [5.41, 5.74) is -0.178. The molecule has 0 amide bonds. The van der Waals surface area contributed by atoms with Crippen LogP contribution in [0.2, 0.25) is 0 Å². The lowest BCUT2D eigenvalue weighted by atomic mass is 9.86. The molecule has 1 N–H and O–H groups in total. The standard InChI is InChI=1S/C14H17FO3S/c1-14(2,13(16)17)6-9-3-4-12(11(15)5-9)19-10-7-18-8-10/h3-5,10H,6-8H2,1-2H3,(H,16,17). The van der Waals surface area contributed by atoms with Crippen molar-refractivity contribution in [2.75, 3.05) is 13.2 Å². The number of hydrogen-bond donors (Lipinski definition) is 1. The Bertz CT molecular complexity index is 484. The molecule has 0 aromatic heterocycles. The first-order valence-electron chi connectivity index (χ1n) is 6.15. The quantitative estimate of drug-likeness (QED) is 0.903. The van der Waals surface area contributed by atoms with Gasteiger partial charge in [-0.25, -0.2) is 4.39 Å². The van der Waals surface area contributed by atoms with E-state index in [2.05, 4.69) is 0 Å². The number of aliphatic carboxylic acids is 1. The first kappa shape index (κ1) is 14.3. The van der Waals surface area contributed by atoms with E-state index >= 15 is 0 Å². The van der Waals surface area contributed by atoms with Gasteiger partial charge in [-0.3, -0.25) is 4.79 Å². The van der Waals surface area contributed by atoms with Crippen molar-refractivity contribution in [1.29, 1.82) is 0 Å². The van der Waals surface area contributed by atoms with E-state index in [0.29, 0.717) is 35.3 Å². The van der Waals surface area contributed by atoms with Crippen LogP contribution < -0.4 is 0 Å². The number of carboxylic acid groups (broad SMARTS) is 1. The van der Waals surface area contributed by atoms with Crippen LogP contribution in [0.15, 0.2) is 23.1 Å². The molecule has 0 unspecified atom stereocenters. The summed E-state index contributed by atoms with van der Waals surface area (Å²) in [5, 5.41) is 9.40. The van der Waals surface area contributed by atoms with Crippen molar-refractivity contribution < 1.29 is 19.0 Å². The Morgan fingerprint density at radius 2 is 2.21 bits per heavy atom. The van der Waals surface area contributed by atoms with E-state index in [0.717, 1.165) is 0 Å². The minimum absolute atomic E-state index is 0.282. The summed E-state index contributed by atoms with van der Waals surface area (Å²) in [6.45, 7) is 4.61. The van der Waals surface area contributed by atoms with Crippen LogP contribution in [0.3, 0.4) is 0 Å². The molecule has 0 atom stereocenters. The van der Waals surface area contributed by atoms with Crippen LogP contribution in [0.25, 0.3) is 0 Å². The van der Waals surface area contributed by atoms with Crippen LogP contribution >= 0.6 is 11.8 Å². The molecule has 5 heteroatoms. The van der Waals surface area contributed by atoms with Gasteiger partial charge in [0.05, 0.1) is 23.9 Å². The summed E-state index contributed by atoms with van der Waals surface area (Å²) < 4.78 is 19.0. The number of halogens is 1. The minimum atomic E-state index is -0.886. The topological polar surface area (TPSA) is 46.5 Å². The van der Waals surface area contributed by atoms with E-state index in [9.17, 15) is 9.18 Å². The molecule has 2 rings (SSSR count). The molecule has 104 valence electrons. The molecule has 1 aromatic carbocycles. The fraction of sp³-hybridized carbons (Fsp3) is 0.500. The highest BCUT2D eigenvalue weighted by atomic mass is 32.2. The maximum Gasteiger partial charge on any atom is 0.309 e. The fourth-order valence-corrected chi connectivity index (χ4v) is 2.80. The van der Waals surface area contributed by atoms with Crippen LogP contribution in [0.1, 0.15) is 19.4 Å². The molecule has 3 nitrogen and oxygen atoms in total. The maximum atomic E-state index is 13.9. The largest absolute Gasteiger partial charge is 0.481 e. The van der Waals surface area contributed by atoms with E-state index in [-0.39, 0.29) is 5.82 Å². The van der Waals surface area contributed by atoms with E-state index in [1.54, 1.807) is 26.0 Å². The molecular formula is C14H17FO3S. The molecule has 1 saturated heterocycles. The molecule has 1 aromatic rings. The van der Waals surface area contributed by atoms with E-state index < -0.39 is 11.4 Å². The van der Waals surface area contributed by atoms with Crippen molar-refractivity contribution in [3.8, 4) is 0 Å². The van der Waals surface area contributed by atoms with E-state index in [4.69, 9.17) is 9.84 Å². The number of carbonyl (C=O) groups is 1. The van der Waals surface area contributed by atoms with Gasteiger partial charge in [0.2, 0.25) is 0 Å². The predicted octanol–water partition coefficient (Wildman–Crippen LogP) is 2.97. The Morgan fingerprint density at radius 1 is 1.53 bits per heavy atom. The maximum absolute atomic E-state index is 13.9. The first-order valence-corrected chi connectivity index (χ1v) is 7.03. The lowest BCUT2D eigenvalue weighted by Gasteiger charge is -2.25. The zero-order valence-electron chi connectivity index (χ0n) is 11.0. The minimum Gasteiger partial charge on any atom is -0.481 e. The molecule has 0 aliphatic carbocycles. The van der Waals surface area contributed by atoms with Crippen LogP contribution in [-0.4, -0.2) is 29.5 Å². The lowest BCUT2D eigenvalue weighted by molar-refractivity contribution is -0.146. The third-order valence-corrected chi connectivity index (χ3v) is 4.31. The van der Waals surface area contributed by atoms with Gasteiger partial charge in [-0.2, -0.15) is 0 Å². The Labute approximate surface area is 116 Å². The molecule has 0 saturated carbocycles. The van der Waals surface area contributed by atoms with Crippen LogP contribution in [0.4, 0.5) is 4.39 Å². The fourth-order valence-electron chi connectivity index (χ4n) is 1.80. The Morgan fingerprint density at radius 3 is 2.68 bits per heavy atom. The Hall–Kier alpha value is -1.07. The number of rotatable bonds is 5. The van der Waals surface area contributed by atoms with Crippen LogP contribution in [0.5, 0.6) is 0 Å². The second-order valence-electron chi connectivity index (χ2n) is 5.41. The lowest BCUT2D eigenvalue weighted by Crippen LogP contribution is -2.30. The average Bonchev–Trinajstić information content (AvgIpc) is 2.24.